The van der Waals surface area contributed by atoms with E-state index in [2.05, 4.69) is 14.3 Å². The zero-order valence-corrected chi connectivity index (χ0v) is 8.43. The molecule has 0 aromatic rings. The normalized spacial score (nSPS) is 14.9. The Labute approximate surface area is 90.0 Å². The van der Waals surface area contributed by atoms with Crippen molar-refractivity contribution in [1.82, 2.24) is 5.06 Å². The van der Waals surface area contributed by atoms with Gasteiger partial charge in [0.05, 0.1) is 0 Å². The number of amides is 2. The van der Waals surface area contributed by atoms with Crippen LogP contribution in [0.3, 0.4) is 0 Å². The van der Waals surface area contributed by atoms with Gasteiger partial charge in [0.1, 0.15) is 0 Å². The number of carbonyl (C=O) groups is 4. The molecular formula is C8H9NO7. The van der Waals surface area contributed by atoms with Crippen LogP contribution in [-0.4, -0.2) is 35.8 Å². The van der Waals surface area contributed by atoms with Crippen molar-refractivity contribution in [2.75, 3.05) is 6.79 Å². The van der Waals surface area contributed by atoms with Gasteiger partial charge < -0.3 is 9.47 Å². The summed E-state index contributed by atoms with van der Waals surface area (Å²) in [6.45, 7) is 0.493. The quantitative estimate of drug-likeness (QED) is 0.374. The standard InChI is InChI=1S/C8H9NO7/c1-5(10)14-4-15-8(13)16-9-6(11)2-3-7(9)12/h2-4H2,1H3. The van der Waals surface area contributed by atoms with Crippen LogP contribution in [0.15, 0.2) is 0 Å². The van der Waals surface area contributed by atoms with Gasteiger partial charge in [-0.05, 0) is 0 Å². The van der Waals surface area contributed by atoms with Crippen molar-refractivity contribution in [2.24, 2.45) is 0 Å². The second-order valence-electron chi connectivity index (χ2n) is 2.82. The monoisotopic (exact) mass is 231 g/mol. The van der Waals surface area contributed by atoms with Gasteiger partial charge in [0.2, 0.25) is 6.79 Å². The summed E-state index contributed by atoms with van der Waals surface area (Å²) in [4.78, 5) is 47.5. The lowest BCUT2D eigenvalue weighted by atomic mass is 10.4. The summed E-state index contributed by atoms with van der Waals surface area (Å²) in [6, 6.07) is 0. The van der Waals surface area contributed by atoms with Crippen LogP contribution in [0.2, 0.25) is 0 Å². The number of hydrogen-bond donors (Lipinski definition) is 0. The first-order valence-electron chi connectivity index (χ1n) is 4.34. The van der Waals surface area contributed by atoms with Crippen molar-refractivity contribution < 1.29 is 33.5 Å². The topological polar surface area (TPSA) is 99.2 Å². The number of carbonyl (C=O) groups excluding carboxylic acids is 4. The molecule has 0 bridgehead atoms. The van der Waals surface area contributed by atoms with Crippen molar-refractivity contribution in [3.8, 4) is 0 Å². The third kappa shape index (κ3) is 3.23. The largest absolute Gasteiger partial charge is 0.536 e. The summed E-state index contributed by atoms with van der Waals surface area (Å²) in [5, 5.41) is 0.329. The number of nitrogens with zero attached hydrogens (tertiary/aromatic N) is 1. The predicted octanol–water partition coefficient (Wildman–Crippen LogP) is -0.276. The number of hydrogen-bond acceptors (Lipinski definition) is 7. The lowest BCUT2D eigenvalue weighted by Gasteiger charge is -2.11. The zero-order chi connectivity index (χ0) is 12.1. The van der Waals surface area contributed by atoms with Crippen LogP contribution in [0.5, 0.6) is 0 Å². The van der Waals surface area contributed by atoms with Gasteiger partial charge in [0.25, 0.3) is 11.8 Å². The van der Waals surface area contributed by atoms with Gasteiger partial charge in [-0.25, -0.2) is 4.79 Å². The smallest absolute Gasteiger partial charge is 0.428 e. The van der Waals surface area contributed by atoms with E-state index < -0.39 is 30.7 Å². The lowest BCUT2D eigenvalue weighted by Crippen LogP contribution is -2.32. The maximum atomic E-state index is 11.0. The Morgan fingerprint density at radius 2 is 1.75 bits per heavy atom. The Bertz CT molecular complexity index is 321. The Kier molecular flexibility index (Phi) is 3.81. The van der Waals surface area contributed by atoms with E-state index in [1.807, 2.05) is 0 Å². The second kappa shape index (κ2) is 5.10. The summed E-state index contributed by atoms with van der Waals surface area (Å²) in [5.74, 6) is -1.87. The van der Waals surface area contributed by atoms with E-state index in [9.17, 15) is 19.2 Å². The average molecular weight is 231 g/mol. The van der Waals surface area contributed by atoms with E-state index in [0.29, 0.717) is 5.06 Å². The third-order valence-electron chi connectivity index (χ3n) is 1.61. The summed E-state index contributed by atoms with van der Waals surface area (Å²) in [6.07, 6.45) is -1.29. The van der Waals surface area contributed by atoms with E-state index in [-0.39, 0.29) is 12.8 Å². The van der Waals surface area contributed by atoms with Crippen LogP contribution in [0.25, 0.3) is 0 Å². The molecule has 1 aliphatic heterocycles. The summed E-state index contributed by atoms with van der Waals surface area (Å²) < 4.78 is 8.54. The first-order chi connectivity index (χ1) is 7.50. The van der Waals surface area contributed by atoms with E-state index in [1.54, 1.807) is 0 Å². The Hall–Kier alpha value is -2.12. The maximum Gasteiger partial charge on any atom is 0.536 e. The molecule has 1 fully saturated rings. The minimum atomic E-state index is -1.29. The number of hydroxylamine groups is 2. The molecule has 1 heterocycles. The Balaban J connectivity index is 2.31. The predicted molar refractivity (Wildman–Crippen MR) is 45.3 cm³/mol. The van der Waals surface area contributed by atoms with Crippen LogP contribution < -0.4 is 0 Å². The summed E-state index contributed by atoms with van der Waals surface area (Å²) in [7, 11) is 0. The molecule has 0 unspecified atom stereocenters. The van der Waals surface area contributed by atoms with E-state index in [0.717, 1.165) is 6.92 Å². The van der Waals surface area contributed by atoms with E-state index in [1.165, 1.54) is 0 Å². The molecule has 1 aliphatic rings. The molecular weight excluding hydrogens is 222 g/mol. The minimum Gasteiger partial charge on any atom is -0.428 e. The van der Waals surface area contributed by atoms with Gasteiger partial charge in [-0.1, -0.05) is 5.06 Å². The van der Waals surface area contributed by atoms with Gasteiger partial charge in [-0.15, -0.1) is 0 Å². The molecule has 2 amide bonds. The summed E-state index contributed by atoms with van der Waals surface area (Å²) >= 11 is 0. The van der Waals surface area contributed by atoms with Gasteiger partial charge in [0, 0.05) is 19.8 Å². The van der Waals surface area contributed by atoms with Crippen molar-refractivity contribution in [2.45, 2.75) is 19.8 Å². The highest BCUT2D eigenvalue weighted by Crippen LogP contribution is 2.12. The molecule has 0 aromatic carbocycles. The molecule has 1 saturated heterocycles. The van der Waals surface area contributed by atoms with Crippen LogP contribution >= 0.6 is 0 Å². The highest BCUT2D eigenvalue weighted by Gasteiger charge is 2.33. The highest BCUT2D eigenvalue weighted by molar-refractivity contribution is 6.01. The molecule has 16 heavy (non-hydrogen) atoms. The number of rotatable bonds is 3. The van der Waals surface area contributed by atoms with Crippen molar-refractivity contribution in [3.05, 3.63) is 0 Å². The van der Waals surface area contributed by atoms with Gasteiger partial charge in [0.15, 0.2) is 0 Å². The zero-order valence-electron chi connectivity index (χ0n) is 8.43. The van der Waals surface area contributed by atoms with Crippen LogP contribution in [-0.2, 0) is 28.7 Å². The van der Waals surface area contributed by atoms with Crippen molar-refractivity contribution in [1.29, 1.82) is 0 Å². The summed E-state index contributed by atoms with van der Waals surface area (Å²) in [5.41, 5.74) is 0. The fraction of sp³-hybridized carbons (Fsp3) is 0.500. The molecule has 0 radical (unpaired) electrons. The number of imide groups is 1. The SMILES string of the molecule is CC(=O)OCOC(=O)ON1C(=O)CCC1=O. The first-order valence-corrected chi connectivity index (χ1v) is 4.34. The van der Waals surface area contributed by atoms with Gasteiger partial charge >= 0.3 is 12.1 Å². The van der Waals surface area contributed by atoms with Crippen LogP contribution in [0.4, 0.5) is 4.79 Å². The molecule has 0 spiro atoms. The number of esters is 1. The maximum absolute atomic E-state index is 11.0. The van der Waals surface area contributed by atoms with Crippen molar-refractivity contribution in [3.63, 3.8) is 0 Å². The molecule has 0 atom stereocenters. The van der Waals surface area contributed by atoms with E-state index >= 15 is 0 Å². The fourth-order valence-corrected chi connectivity index (χ4v) is 0.919. The lowest BCUT2D eigenvalue weighted by molar-refractivity contribution is -0.182. The Morgan fingerprint density at radius 3 is 2.25 bits per heavy atom. The number of ether oxygens (including phenoxy) is 2. The molecule has 1 rings (SSSR count). The average Bonchev–Trinajstić information content (AvgIpc) is 2.49. The highest BCUT2D eigenvalue weighted by atomic mass is 16.9. The molecule has 88 valence electrons. The molecule has 0 aliphatic carbocycles. The molecule has 8 nitrogen and oxygen atoms in total. The fourth-order valence-electron chi connectivity index (χ4n) is 0.919. The van der Waals surface area contributed by atoms with Crippen LogP contribution in [0.1, 0.15) is 19.8 Å². The van der Waals surface area contributed by atoms with E-state index in [4.69, 9.17) is 0 Å². The van der Waals surface area contributed by atoms with Crippen LogP contribution in [0, 0.1) is 0 Å². The second-order valence-corrected chi connectivity index (χ2v) is 2.82. The minimum absolute atomic E-state index is 0.00391. The molecule has 0 N–H and O–H groups in total. The van der Waals surface area contributed by atoms with Gasteiger partial charge in [-0.3, -0.25) is 19.2 Å². The van der Waals surface area contributed by atoms with Gasteiger partial charge in [-0.2, -0.15) is 0 Å². The Morgan fingerprint density at radius 1 is 1.19 bits per heavy atom. The molecule has 0 saturated carbocycles. The third-order valence-corrected chi connectivity index (χ3v) is 1.61. The first kappa shape index (κ1) is 12.0. The molecule has 0 aromatic heterocycles. The molecule has 8 heteroatoms. The van der Waals surface area contributed by atoms with Crippen molar-refractivity contribution >= 4 is 23.9 Å².